The van der Waals surface area contributed by atoms with Crippen LogP contribution in [-0.4, -0.2) is 22.8 Å². The lowest BCUT2D eigenvalue weighted by Gasteiger charge is -1.99. The molecule has 0 bridgehead atoms. The molecule has 1 aromatic rings. The Morgan fingerprint density at radius 2 is 2.05 bits per heavy atom. The summed E-state index contributed by atoms with van der Waals surface area (Å²) in [6.07, 6.45) is 4.51. The van der Waals surface area contributed by atoms with Gasteiger partial charge in [-0.1, -0.05) is 29.0 Å². The van der Waals surface area contributed by atoms with Crippen LogP contribution in [0.3, 0.4) is 0 Å². The van der Waals surface area contributed by atoms with Crippen LogP contribution in [0.15, 0.2) is 12.1 Å². The Balaban J connectivity index is 2.40. The van der Waals surface area contributed by atoms with E-state index >= 15 is 0 Å². The number of ether oxygens (including phenoxy) is 1. The number of Topliss-reactive ketones (excluding diaryl/α,β-unsaturated/α-hetero) is 1. The van der Waals surface area contributed by atoms with Crippen LogP contribution in [0.4, 0.5) is 0 Å². The molecule has 1 aromatic heterocycles. The van der Waals surface area contributed by atoms with Gasteiger partial charge in [0, 0.05) is 4.88 Å². The van der Waals surface area contributed by atoms with Crippen LogP contribution < -0.4 is 0 Å². The lowest BCUT2D eigenvalue weighted by Crippen LogP contribution is -2.10. The monoisotopic (exact) mass is 394 g/mol. The van der Waals surface area contributed by atoms with E-state index in [2.05, 4.69) is 22.6 Å². The third-order valence-electron chi connectivity index (χ3n) is 2.60. The lowest BCUT2D eigenvalue weighted by molar-refractivity contribution is -0.141. The molecular formula is C14H19IO3S. The van der Waals surface area contributed by atoms with Crippen molar-refractivity contribution in [2.24, 2.45) is 0 Å². The number of rotatable bonds is 9. The molecule has 0 atom stereocenters. The molecule has 0 saturated heterocycles. The summed E-state index contributed by atoms with van der Waals surface area (Å²) in [5.74, 6) is -0.577. The molecule has 0 unspecified atom stereocenters. The molecule has 106 valence electrons. The first-order chi connectivity index (χ1) is 9.17. The van der Waals surface area contributed by atoms with Crippen LogP contribution in [0, 0.1) is 0 Å². The normalized spacial score (nSPS) is 10.4. The second kappa shape index (κ2) is 9.47. The largest absolute Gasteiger partial charge is 0.466 e. The summed E-state index contributed by atoms with van der Waals surface area (Å²) in [7, 11) is 0. The summed E-state index contributed by atoms with van der Waals surface area (Å²) in [5.41, 5.74) is 0. The van der Waals surface area contributed by atoms with Gasteiger partial charge in [-0.2, -0.15) is 0 Å². The molecule has 0 aliphatic heterocycles. The number of thiophene rings is 1. The molecule has 0 fully saturated rings. The molecule has 0 aliphatic carbocycles. The Morgan fingerprint density at radius 3 is 2.74 bits per heavy atom. The molecule has 0 radical (unpaired) electrons. The second-order valence-electron chi connectivity index (χ2n) is 4.17. The first-order valence-corrected chi connectivity index (χ1v) is 8.85. The minimum Gasteiger partial charge on any atom is -0.466 e. The fraction of sp³-hybridized carbons (Fsp3) is 0.571. The molecular weight excluding hydrogens is 375 g/mol. The number of carbonyl (C=O) groups is 2. The van der Waals surface area contributed by atoms with Gasteiger partial charge in [0.2, 0.25) is 0 Å². The van der Waals surface area contributed by atoms with Crippen LogP contribution >= 0.6 is 33.9 Å². The number of hydrogen-bond acceptors (Lipinski definition) is 4. The van der Waals surface area contributed by atoms with E-state index in [1.165, 1.54) is 33.5 Å². The highest BCUT2D eigenvalue weighted by Crippen LogP contribution is 2.20. The van der Waals surface area contributed by atoms with E-state index in [9.17, 15) is 9.59 Å². The maximum absolute atomic E-state index is 11.8. The fourth-order valence-corrected chi connectivity index (χ4v) is 3.19. The molecule has 0 saturated carbocycles. The van der Waals surface area contributed by atoms with Crippen molar-refractivity contribution in [3.8, 4) is 0 Å². The number of esters is 1. The van der Waals surface area contributed by atoms with Crippen LogP contribution in [-0.2, 0) is 16.0 Å². The molecule has 0 amide bonds. The molecule has 1 heterocycles. The second-order valence-corrected chi connectivity index (χ2v) is 6.42. The molecule has 0 aromatic carbocycles. The minimum atomic E-state index is -0.440. The van der Waals surface area contributed by atoms with Gasteiger partial charge in [-0.15, -0.1) is 11.3 Å². The predicted octanol–water partition coefficient (Wildman–Crippen LogP) is 4.03. The molecule has 3 nitrogen and oxygen atoms in total. The maximum atomic E-state index is 11.8. The van der Waals surface area contributed by atoms with Gasteiger partial charge in [0.05, 0.1) is 11.5 Å². The number of halogens is 1. The van der Waals surface area contributed by atoms with Crippen molar-refractivity contribution in [1.82, 2.24) is 0 Å². The van der Waals surface area contributed by atoms with Crippen molar-refractivity contribution >= 4 is 45.7 Å². The zero-order valence-corrected chi connectivity index (χ0v) is 14.1. The van der Waals surface area contributed by atoms with Crippen LogP contribution in [0.2, 0.25) is 0 Å². The number of unbranched alkanes of at least 4 members (excludes halogenated alkanes) is 2. The van der Waals surface area contributed by atoms with Gasteiger partial charge in [-0.25, -0.2) is 0 Å². The van der Waals surface area contributed by atoms with Gasteiger partial charge < -0.3 is 4.74 Å². The van der Waals surface area contributed by atoms with E-state index in [0.717, 1.165) is 12.8 Å². The van der Waals surface area contributed by atoms with Gasteiger partial charge in [0.15, 0.2) is 5.78 Å². The van der Waals surface area contributed by atoms with E-state index < -0.39 is 5.97 Å². The SMILES string of the molecule is CCOC(=O)CC(=O)c1ccc(CCCCCI)s1. The summed E-state index contributed by atoms with van der Waals surface area (Å²) in [6.45, 7) is 2.06. The van der Waals surface area contributed by atoms with Crippen molar-refractivity contribution in [2.75, 3.05) is 11.0 Å². The summed E-state index contributed by atoms with van der Waals surface area (Å²) < 4.78 is 5.98. The van der Waals surface area contributed by atoms with Crippen LogP contribution in [0.25, 0.3) is 0 Å². The average molecular weight is 394 g/mol. The fourth-order valence-electron chi connectivity index (χ4n) is 1.66. The zero-order chi connectivity index (χ0) is 14.1. The highest BCUT2D eigenvalue weighted by molar-refractivity contribution is 14.1. The Labute approximate surface area is 131 Å². The van der Waals surface area contributed by atoms with E-state index in [1.54, 1.807) is 6.92 Å². The third kappa shape index (κ3) is 6.51. The Morgan fingerprint density at radius 1 is 1.26 bits per heavy atom. The Kier molecular flexibility index (Phi) is 8.29. The van der Waals surface area contributed by atoms with E-state index in [1.807, 2.05) is 12.1 Å². The Bertz CT molecular complexity index is 415. The molecule has 5 heteroatoms. The molecule has 0 N–H and O–H groups in total. The molecule has 1 rings (SSSR count). The number of aryl methyl sites for hydroxylation is 1. The average Bonchev–Trinajstić information content (AvgIpc) is 2.84. The van der Waals surface area contributed by atoms with Gasteiger partial charge >= 0.3 is 5.97 Å². The van der Waals surface area contributed by atoms with E-state index in [-0.39, 0.29) is 12.2 Å². The van der Waals surface area contributed by atoms with Gasteiger partial charge in [-0.05, 0) is 42.7 Å². The van der Waals surface area contributed by atoms with Crippen LogP contribution in [0.1, 0.15) is 47.2 Å². The van der Waals surface area contributed by atoms with Crippen LogP contribution in [0.5, 0.6) is 0 Å². The standard InChI is InChI=1S/C14H19IO3S/c1-2-18-14(17)10-12(16)13-8-7-11(19-13)6-4-3-5-9-15/h7-8H,2-6,9-10H2,1H3. The molecule has 0 aliphatic rings. The highest BCUT2D eigenvalue weighted by Gasteiger charge is 2.14. The lowest BCUT2D eigenvalue weighted by atomic mass is 10.2. The zero-order valence-electron chi connectivity index (χ0n) is 11.1. The number of hydrogen-bond donors (Lipinski definition) is 0. The number of carbonyl (C=O) groups excluding carboxylic acids is 2. The maximum Gasteiger partial charge on any atom is 0.313 e. The topological polar surface area (TPSA) is 43.4 Å². The smallest absolute Gasteiger partial charge is 0.313 e. The summed E-state index contributed by atoms with van der Waals surface area (Å²) in [5, 5.41) is 0. The van der Waals surface area contributed by atoms with Crippen molar-refractivity contribution < 1.29 is 14.3 Å². The third-order valence-corrected chi connectivity index (χ3v) is 4.55. The quantitative estimate of drug-likeness (QED) is 0.159. The predicted molar refractivity (Wildman–Crippen MR) is 86.3 cm³/mol. The van der Waals surface area contributed by atoms with Gasteiger partial charge in [0.1, 0.15) is 6.42 Å². The minimum absolute atomic E-state index is 0.137. The van der Waals surface area contributed by atoms with Crippen molar-refractivity contribution in [1.29, 1.82) is 0 Å². The summed E-state index contributed by atoms with van der Waals surface area (Å²) in [4.78, 5) is 25.0. The van der Waals surface area contributed by atoms with E-state index in [4.69, 9.17) is 4.74 Å². The summed E-state index contributed by atoms with van der Waals surface area (Å²) in [6, 6.07) is 3.81. The van der Waals surface area contributed by atoms with Crippen molar-refractivity contribution in [3.05, 3.63) is 21.9 Å². The molecule has 0 spiro atoms. The summed E-state index contributed by atoms with van der Waals surface area (Å²) >= 11 is 3.89. The van der Waals surface area contributed by atoms with E-state index in [0.29, 0.717) is 11.5 Å². The highest BCUT2D eigenvalue weighted by atomic mass is 127. The molecule has 19 heavy (non-hydrogen) atoms. The van der Waals surface area contributed by atoms with Gasteiger partial charge in [0.25, 0.3) is 0 Å². The number of alkyl halides is 1. The first-order valence-electron chi connectivity index (χ1n) is 6.51. The number of ketones is 1. The van der Waals surface area contributed by atoms with Gasteiger partial charge in [-0.3, -0.25) is 9.59 Å². The first kappa shape index (κ1) is 16.6. The Hall–Kier alpha value is -0.430. The van der Waals surface area contributed by atoms with Crippen molar-refractivity contribution in [3.63, 3.8) is 0 Å². The van der Waals surface area contributed by atoms with Crippen molar-refractivity contribution in [2.45, 2.75) is 39.0 Å².